The third kappa shape index (κ3) is 5.67. The standard InChI is InChI=1S/C11H10.C2H6.C2H4.CH2O/c1-9-5-4-7-10-6-2-3-8-11(9)10;3*1-2/h2-8H,1H3;1-2H3;1-2H2;1H2. The number of hydrogen-bond donors (Lipinski definition) is 0. The third-order valence-corrected chi connectivity index (χ3v) is 2.01. The van der Waals surface area contributed by atoms with Crippen LogP contribution in [0.5, 0.6) is 0 Å². The van der Waals surface area contributed by atoms with Crippen LogP contribution in [0.2, 0.25) is 0 Å². The van der Waals surface area contributed by atoms with Crippen LogP contribution in [0.1, 0.15) is 19.4 Å². The van der Waals surface area contributed by atoms with Crippen molar-refractivity contribution in [2.75, 3.05) is 0 Å². The van der Waals surface area contributed by atoms with Crippen molar-refractivity contribution >= 4 is 17.6 Å². The minimum Gasteiger partial charge on any atom is -0.307 e. The van der Waals surface area contributed by atoms with E-state index in [0.717, 1.165) is 0 Å². The molecule has 1 heteroatoms. The molecule has 2 aromatic rings. The highest BCUT2D eigenvalue weighted by Gasteiger charge is 1.91. The van der Waals surface area contributed by atoms with Crippen molar-refractivity contribution in [1.82, 2.24) is 0 Å². The molecular formula is C16H22O. The Bertz CT molecular complexity index is 400. The molecule has 0 fully saturated rings. The van der Waals surface area contributed by atoms with Gasteiger partial charge in [-0.05, 0) is 23.3 Å². The fraction of sp³-hybridized carbons (Fsp3) is 0.188. The highest BCUT2D eigenvalue weighted by atomic mass is 16.1. The van der Waals surface area contributed by atoms with Gasteiger partial charge in [0, 0.05) is 0 Å². The van der Waals surface area contributed by atoms with E-state index in [1.807, 2.05) is 20.6 Å². The van der Waals surface area contributed by atoms with Crippen LogP contribution in [-0.4, -0.2) is 6.79 Å². The van der Waals surface area contributed by atoms with Crippen LogP contribution in [0.4, 0.5) is 0 Å². The molecule has 0 unspecified atom stereocenters. The van der Waals surface area contributed by atoms with E-state index in [0.29, 0.717) is 0 Å². The van der Waals surface area contributed by atoms with E-state index in [4.69, 9.17) is 4.79 Å². The average molecular weight is 230 g/mol. The summed E-state index contributed by atoms with van der Waals surface area (Å²) < 4.78 is 0. The summed E-state index contributed by atoms with van der Waals surface area (Å²) >= 11 is 0. The molecule has 0 N–H and O–H groups in total. The zero-order valence-electron chi connectivity index (χ0n) is 11.1. The number of rotatable bonds is 0. The molecule has 0 aliphatic heterocycles. The summed E-state index contributed by atoms with van der Waals surface area (Å²) in [6, 6.07) is 14.8. The molecule has 0 bridgehead atoms. The van der Waals surface area contributed by atoms with Gasteiger partial charge in [-0.3, -0.25) is 0 Å². The second kappa shape index (κ2) is 12.2. The molecule has 17 heavy (non-hydrogen) atoms. The Hall–Kier alpha value is -1.89. The van der Waals surface area contributed by atoms with Gasteiger partial charge in [0.15, 0.2) is 0 Å². The van der Waals surface area contributed by atoms with Crippen LogP contribution in [0.3, 0.4) is 0 Å². The summed E-state index contributed by atoms with van der Waals surface area (Å²) in [6.45, 7) is 14.1. The summed E-state index contributed by atoms with van der Waals surface area (Å²) in [5, 5.41) is 2.68. The third-order valence-electron chi connectivity index (χ3n) is 2.01. The summed E-state index contributed by atoms with van der Waals surface area (Å²) in [4.78, 5) is 8.00. The maximum absolute atomic E-state index is 8.00. The van der Waals surface area contributed by atoms with Gasteiger partial charge in [0.05, 0.1) is 0 Å². The molecule has 0 saturated carbocycles. The Balaban J connectivity index is 0. The summed E-state index contributed by atoms with van der Waals surface area (Å²) in [5.74, 6) is 0. The second-order valence-electron chi connectivity index (χ2n) is 2.80. The fourth-order valence-electron chi connectivity index (χ4n) is 1.39. The van der Waals surface area contributed by atoms with Crippen LogP contribution in [0.15, 0.2) is 55.6 Å². The number of fused-ring (bicyclic) bond motifs is 1. The lowest BCUT2D eigenvalue weighted by atomic mass is 10.1. The lowest BCUT2D eigenvalue weighted by Crippen LogP contribution is -1.75. The quantitative estimate of drug-likeness (QED) is 0.594. The molecule has 0 saturated heterocycles. The predicted molar refractivity (Wildman–Crippen MR) is 78.4 cm³/mol. The minimum absolute atomic E-state index is 1.33. The van der Waals surface area contributed by atoms with Gasteiger partial charge < -0.3 is 4.79 Å². The first-order valence-corrected chi connectivity index (χ1v) is 5.61. The molecule has 0 atom stereocenters. The molecule has 1 nitrogen and oxygen atoms in total. The maximum atomic E-state index is 8.00. The van der Waals surface area contributed by atoms with Crippen molar-refractivity contribution in [2.24, 2.45) is 0 Å². The zero-order valence-corrected chi connectivity index (χ0v) is 11.1. The highest BCUT2D eigenvalue weighted by molar-refractivity contribution is 5.85. The molecule has 92 valence electrons. The van der Waals surface area contributed by atoms with Crippen molar-refractivity contribution in [3.8, 4) is 0 Å². The molecule has 0 aromatic heterocycles. The van der Waals surface area contributed by atoms with Crippen molar-refractivity contribution in [3.05, 3.63) is 61.2 Å². The van der Waals surface area contributed by atoms with E-state index in [1.165, 1.54) is 16.3 Å². The van der Waals surface area contributed by atoms with E-state index < -0.39 is 0 Å². The Morgan fingerprint density at radius 1 is 0.824 bits per heavy atom. The molecule has 0 spiro atoms. The first-order chi connectivity index (χ1) is 8.38. The van der Waals surface area contributed by atoms with Gasteiger partial charge in [-0.25, -0.2) is 0 Å². The summed E-state index contributed by atoms with van der Waals surface area (Å²) in [7, 11) is 0. The fourth-order valence-corrected chi connectivity index (χ4v) is 1.39. The van der Waals surface area contributed by atoms with Crippen LogP contribution in [-0.2, 0) is 4.79 Å². The first-order valence-electron chi connectivity index (χ1n) is 5.61. The minimum atomic E-state index is 1.33. The number of benzene rings is 2. The van der Waals surface area contributed by atoms with Gasteiger partial charge in [0.1, 0.15) is 6.79 Å². The molecule has 2 rings (SSSR count). The van der Waals surface area contributed by atoms with Crippen LogP contribution in [0, 0.1) is 6.92 Å². The van der Waals surface area contributed by atoms with Gasteiger partial charge in [-0.15, -0.1) is 13.2 Å². The van der Waals surface area contributed by atoms with E-state index >= 15 is 0 Å². The number of carbonyl (C=O) groups is 1. The Kier molecular flexibility index (Phi) is 12.5. The Morgan fingerprint density at radius 3 is 1.82 bits per heavy atom. The molecular weight excluding hydrogens is 208 g/mol. The van der Waals surface area contributed by atoms with Crippen molar-refractivity contribution in [1.29, 1.82) is 0 Å². The summed E-state index contributed by atoms with van der Waals surface area (Å²) in [6.07, 6.45) is 0. The van der Waals surface area contributed by atoms with Crippen molar-refractivity contribution in [3.63, 3.8) is 0 Å². The van der Waals surface area contributed by atoms with Crippen molar-refractivity contribution in [2.45, 2.75) is 20.8 Å². The van der Waals surface area contributed by atoms with Crippen LogP contribution in [0.25, 0.3) is 10.8 Å². The van der Waals surface area contributed by atoms with Gasteiger partial charge in [0.2, 0.25) is 0 Å². The monoisotopic (exact) mass is 230 g/mol. The molecule has 0 radical (unpaired) electrons. The van der Waals surface area contributed by atoms with Crippen LogP contribution < -0.4 is 0 Å². The average Bonchev–Trinajstić information content (AvgIpc) is 2.46. The topological polar surface area (TPSA) is 17.1 Å². The van der Waals surface area contributed by atoms with Gasteiger partial charge in [-0.2, -0.15) is 0 Å². The SMILES string of the molecule is C=C.C=O.CC.Cc1cccc2ccccc12. The van der Waals surface area contributed by atoms with E-state index in [9.17, 15) is 0 Å². The number of carbonyl (C=O) groups excluding carboxylic acids is 1. The molecule has 0 aliphatic carbocycles. The molecule has 0 aliphatic rings. The van der Waals surface area contributed by atoms with Crippen molar-refractivity contribution < 1.29 is 4.79 Å². The number of aryl methyl sites for hydroxylation is 1. The lowest BCUT2D eigenvalue weighted by molar-refractivity contribution is -0.0979. The first kappa shape index (κ1) is 17.5. The Labute approximate surface area is 105 Å². The molecule has 0 amide bonds. The van der Waals surface area contributed by atoms with Gasteiger partial charge in [-0.1, -0.05) is 56.3 Å². The van der Waals surface area contributed by atoms with E-state index in [2.05, 4.69) is 62.5 Å². The normalized spacial score (nSPS) is 7.47. The van der Waals surface area contributed by atoms with Gasteiger partial charge >= 0.3 is 0 Å². The zero-order chi connectivity index (χ0) is 13.7. The van der Waals surface area contributed by atoms with Gasteiger partial charge in [0.25, 0.3) is 0 Å². The maximum Gasteiger partial charge on any atom is 0.106 e. The second-order valence-corrected chi connectivity index (χ2v) is 2.80. The number of hydrogen-bond acceptors (Lipinski definition) is 1. The lowest BCUT2D eigenvalue weighted by Gasteiger charge is -1.98. The predicted octanol–water partition coefficient (Wildman–Crippen LogP) is 4.79. The molecule has 0 heterocycles. The summed E-state index contributed by atoms with van der Waals surface area (Å²) in [5.41, 5.74) is 1.35. The van der Waals surface area contributed by atoms with Crippen LogP contribution >= 0.6 is 0 Å². The smallest absolute Gasteiger partial charge is 0.106 e. The van der Waals surface area contributed by atoms with E-state index in [-0.39, 0.29) is 0 Å². The molecule has 2 aromatic carbocycles. The highest BCUT2D eigenvalue weighted by Crippen LogP contribution is 2.16. The Morgan fingerprint density at radius 2 is 1.29 bits per heavy atom. The van der Waals surface area contributed by atoms with E-state index in [1.54, 1.807) is 0 Å². The largest absolute Gasteiger partial charge is 0.307 e.